The van der Waals surface area contributed by atoms with Crippen molar-refractivity contribution in [3.63, 3.8) is 0 Å². The van der Waals surface area contributed by atoms with Crippen molar-refractivity contribution in [3.8, 4) is 0 Å². The van der Waals surface area contributed by atoms with E-state index in [9.17, 15) is 18.6 Å². The lowest BCUT2D eigenvalue weighted by Gasteiger charge is -2.39. The van der Waals surface area contributed by atoms with Crippen LogP contribution in [-0.4, -0.2) is 99.2 Å². The largest absolute Gasteiger partial charge is 0.394 e. The highest BCUT2D eigenvalue weighted by atomic mass is 32.2. The number of hydrogen-bond donors (Lipinski definition) is 3. The highest BCUT2D eigenvalue weighted by molar-refractivity contribution is 7.89. The van der Waals surface area contributed by atoms with Crippen LogP contribution in [0.4, 0.5) is 0 Å². The van der Waals surface area contributed by atoms with Crippen LogP contribution in [0.1, 0.15) is 5.56 Å². The number of piperazine rings is 1. The van der Waals surface area contributed by atoms with Crippen molar-refractivity contribution in [2.24, 2.45) is 0 Å². The van der Waals surface area contributed by atoms with Crippen LogP contribution in [0.25, 0.3) is 0 Å². The van der Waals surface area contributed by atoms with Crippen LogP contribution in [0.2, 0.25) is 0 Å². The quantitative estimate of drug-likeness (QED) is 0.564. The van der Waals surface area contributed by atoms with Crippen LogP contribution in [0.15, 0.2) is 29.2 Å². The third-order valence-corrected chi connectivity index (χ3v) is 6.85. The van der Waals surface area contributed by atoms with Crippen LogP contribution in [0.5, 0.6) is 0 Å². The van der Waals surface area contributed by atoms with E-state index in [0.717, 1.165) is 31.7 Å². The smallest absolute Gasteiger partial charge is 0.240 e. The van der Waals surface area contributed by atoms with Crippen LogP contribution in [-0.2, 0) is 14.8 Å². The average molecular weight is 400 g/mol. The van der Waals surface area contributed by atoms with Gasteiger partial charge in [0, 0.05) is 32.7 Å². The van der Waals surface area contributed by atoms with Gasteiger partial charge in [0.1, 0.15) is 12.2 Å². The Morgan fingerprint density at radius 1 is 1.15 bits per heavy atom. The van der Waals surface area contributed by atoms with Crippen molar-refractivity contribution < 1.29 is 23.4 Å². The summed E-state index contributed by atoms with van der Waals surface area (Å²) in [4.78, 5) is 4.53. The summed E-state index contributed by atoms with van der Waals surface area (Å²) in [5.74, 6) is 0. The van der Waals surface area contributed by atoms with Gasteiger partial charge in [0.15, 0.2) is 0 Å². The van der Waals surface area contributed by atoms with Crippen LogP contribution in [0.3, 0.4) is 0 Å². The third kappa shape index (κ3) is 4.68. The molecule has 0 spiro atoms. The normalized spacial score (nSPS) is 30.7. The molecule has 3 rings (SSSR count). The molecule has 9 heteroatoms. The van der Waals surface area contributed by atoms with Gasteiger partial charge < -0.3 is 19.8 Å². The van der Waals surface area contributed by atoms with Crippen molar-refractivity contribution in [3.05, 3.63) is 29.8 Å². The summed E-state index contributed by atoms with van der Waals surface area (Å²) in [6, 6.07) is 6.28. The van der Waals surface area contributed by atoms with E-state index in [2.05, 4.69) is 14.5 Å². The predicted molar refractivity (Wildman–Crippen MR) is 101 cm³/mol. The number of hydrogen-bond acceptors (Lipinski definition) is 7. The van der Waals surface area contributed by atoms with Crippen molar-refractivity contribution >= 4 is 10.0 Å². The van der Waals surface area contributed by atoms with Gasteiger partial charge >= 0.3 is 0 Å². The molecule has 4 atom stereocenters. The van der Waals surface area contributed by atoms with Gasteiger partial charge in [-0.15, -0.1) is 0 Å². The van der Waals surface area contributed by atoms with Crippen LogP contribution in [0, 0.1) is 6.92 Å². The number of aryl methyl sites for hydroxylation is 1. The highest BCUT2D eigenvalue weighted by Gasteiger charge is 2.46. The molecule has 2 aliphatic heterocycles. The first-order valence-corrected chi connectivity index (χ1v) is 10.7. The van der Waals surface area contributed by atoms with E-state index in [0.29, 0.717) is 0 Å². The van der Waals surface area contributed by atoms with Crippen molar-refractivity contribution in [1.82, 2.24) is 14.5 Å². The summed E-state index contributed by atoms with van der Waals surface area (Å²) in [6.07, 6.45) is -2.09. The SMILES string of the molecule is Cc1ccc(S(=O)(=O)NC[C@H]2O[C@@H](CO)[C@@H](O)[C@H]2N2CCN(C)CC2)cc1. The van der Waals surface area contributed by atoms with Gasteiger partial charge in [0.25, 0.3) is 0 Å². The Bertz CT molecular complexity index is 719. The molecule has 0 saturated carbocycles. The van der Waals surface area contributed by atoms with Crippen molar-refractivity contribution in [1.29, 1.82) is 0 Å². The third-order valence-electron chi connectivity index (χ3n) is 5.41. The summed E-state index contributed by atoms with van der Waals surface area (Å²) in [5.41, 5.74) is 0.983. The number of aliphatic hydroxyl groups excluding tert-OH is 2. The maximum Gasteiger partial charge on any atom is 0.240 e. The summed E-state index contributed by atoms with van der Waals surface area (Å²) in [7, 11) is -1.63. The Morgan fingerprint density at radius 3 is 2.37 bits per heavy atom. The second-order valence-electron chi connectivity index (χ2n) is 7.38. The molecule has 0 radical (unpaired) electrons. The molecule has 152 valence electrons. The first-order valence-electron chi connectivity index (χ1n) is 9.25. The Morgan fingerprint density at radius 2 is 1.78 bits per heavy atom. The Labute approximate surface area is 160 Å². The van der Waals surface area contributed by atoms with Gasteiger partial charge in [-0.25, -0.2) is 13.1 Å². The van der Waals surface area contributed by atoms with E-state index in [1.807, 2.05) is 14.0 Å². The average Bonchev–Trinajstić information content (AvgIpc) is 2.97. The zero-order valence-electron chi connectivity index (χ0n) is 15.8. The Balaban J connectivity index is 1.70. The van der Waals surface area contributed by atoms with Gasteiger partial charge in [-0.1, -0.05) is 17.7 Å². The van der Waals surface area contributed by atoms with Gasteiger partial charge in [-0.05, 0) is 26.1 Å². The van der Waals surface area contributed by atoms with Gasteiger partial charge in [-0.2, -0.15) is 0 Å². The minimum atomic E-state index is -3.67. The lowest BCUT2D eigenvalue weighted by molar-refractivity contribution is -0.0201. The second-order valence-corrected chi connectivity index (χ2v) is 9.15. The molecule has 1 aromatic carbocycles. The molecule has 3 N–H and O–H groups in total. The zero-order valence-corrected chi connectivity index (χ0v) is 16.6. The fraction of sp³-hybridized carbons (Fsp3) is 0.667. The summed E-state index contributed by atoms with van der Waals surface area (Å²) in [5, 5.41) is 20.1. The maximum atomic E-state index is 12.6. The number of aliphatic hydroxyl groups is 2. The molecule has 27 heavy (non-hydrogen) atoms. The van der Waals surface area contributed by atoms with Crippen molar-refractivity contribution in [2.45, 2.75) is 36.2 Å². The van der Waals surface area contributed by atoms with Gasteiger partial charge in [-0.3, -0.25) is 4.90 Å². The summed E-state index contributed by atoms with van der Waals surface area (Å²) >= 11 is 0. The minimum absolute atomic E-state index is 0.0424. The molecule has 0 amide bonds. The lowest BCUT2D eigenvalue weighted by atomic mass is 10.0. The minimum Gasteiger partial charge on any atom is -0.394 e. The number of nitrogens with one attached hydrogen (secondary N) is 1. The fourth-order valence-corrected chi connectivity index (χ4v) is 4.75. The molecule has 2 heterocycles. The Kier molecular flexibility index (Phi) is 6.52. The second kappa shape index (κ2) is 8.52. The molecule has 1 aromatic rings. The first kappa shape index (κ1) is 20.7. The number of rotatable bonds is 6. The molecule has 2 saturated heterocycles. The highest BCUT2D eigenvalue weighted by Crippen LogP contribution is 2.27. The predicted octanol–water partition coefficient (Wildman–Crippen LogP) is -0.990. The number of likely N-dealkylation sites (N-methyl/N-ethyl adjacent to an activating group) is 1. The summed E-state index contributed by atoms with van der Waals surface area (Å²) in [6.45, 7) is 4.91. The van der Waals surface area contributed by atoms with E-state index < -0.39 is 28.3 Å². The monoisotopic (exact) mass is 399 g/mol. The first-order chi connectivity index (χ1) is 12.8. The zero-order chi connectivity index (χ0) is 19.6. The van der Waals surface area contributed by atoms with E-state index in [-0.39, 0.29) is 24.1 Å². The van der Waals surface area contributed by atoms with E-state index in [1.54, 1.807) is 24.3 Å². The molecule has 2 fully saturated rings. The standard InChI is InChI=1S/C18H29N3O5S/c1-13-3-5-14(6-4-13)27(24,25)19-11-15-17(18(23)16(12-22)26-15)21-9-7-20(2)8-10-21/h3-6,15-19,22-23H,7-12H2,1-2H3/t15-,16+,17+,18-/m1/s1. The molecule has 0 aliphatic carbocycles. The number of nitrogens with zero attached hydrogens (tertiary/aromatic N) is 2. The van der Waals surface area contributed by atoms with E-state index >= 15 is 0 Å². The topological polar surface area (TPSA) is 102 Å². The lowest BCUT2D eigenvalue weighted by Crippen LogP contribution is -2.56. The molecular weight excluding hydrogens is 370 g/mol. The van der Waals surface area contributed by atoms with E-state index in [4.69, 9.17) is 4.74 Å². The summed E-state index contributed by atoms with van der Waals surface area (Å²) < 4.78 is 33.5. The van der Waals surface area contributed by atoms with Crippen LogP contribution >= 0.6 is 0 Å². The molecule has 0 unspecified atom stereocenters. The van der Waals surface area contributed by atoms with Crippen molar-refractivity contribution in [2.75, 3.05) is 46.4 Å². The van der Waals surface area contributed by atoms with Crippen LogP contribution < -0.4 is 4.72 Å². The number of benzene rings is 1. The van der Waals surface area contributed by atoms with E-state index in [1.165, 1.54) is 0 Å². The molecule has 8 nitrogen and oxygen atoms in total. The molecule has 0 aromatic heterocycles. The number of sulfonamides is 1. The molecule has 0 bridgehead atoms. The maximum absolute atomic E-state index is 12.6. The fourth-order valence-electron chi connectivity index (χ4n) is 3.71. The molecule has 2 aliphatic rings. The van der Waals surface area contributed by atoms with Gasteiger partial charge in [0.05, 0.1) is 23.6 Å². The Hall–Kier alpha value is -1.07. The van der Waals surface area contributed by atoms with Gasteiger partial charge in [0.2, 0.25) is 10.0 Å². The molecular formula is C18H29N3O5S. The number of ether oxygens (including phenoxy) is 1.